The number of hydrazine groups is 1. The zero-order chi connectivity index (χ0) is 17.5. The summed E-state index contributed by atoms with van der Waals surface area (Å²) in [5.41, 5.74) is 5.21. The first-order valence-electron chi connectivity index (χ1n) is 6.59. The molecule has 0 radical (unpaired) electrons. The topological polar surface area (TPSA) is 133 Å². The number of pyridine rings is 2. The second-order valence-corrected chi connectivity index (χ2v) is 5.42. The lowest BCUT2D eigenvalue weighted by Crippen LogP contribution is -2.42. The molecule has 2 aromatic rings. The van der Waals surface area contributed by atoms with Gasteiger partial charge in [0.15, 0.2) is 0 Å². The lowest BCUT2D eigenvalue weighted by Gasteiger charge is -2.07. The fraction of sp³-hybridized carbons (Fsp3) is 0.0714. The number of aromatic nitrogens is 2. The Morgan fingerprint density at radius 3 is 2.42 bits per heavy atom. The number of carbonyl (C=O) groups excluding carboxylic acids is 2. The van der Waals surface area contributed by atoms with E-state index in [1.807, 2.05) is 5.32 Å². The third kappa shape index (κ3) is 5.32. The Balaban J connectivity index is 1.84. The van der Waals surface area contributed by atoms with Crippen molar-refractivity contribution in [1.82, 2.24) is 20.8 Å². The first-order valence-corrected chi connectivity index (χ1v) is 7.39. The summed E-state index contributed by atoms with van der Waals surface area (Å²) >= 11 is 3.24. The first-order chi connectivity index (χ1) is 11.4. The zero-order valence-corrected chi connectivity index (χ0v) is 13.7. The summed E-state index contributed by atoms with van der Waals surface area (Å²) in [5.74, 6) is -0.929. The van der Waals surface area contributed by atoms with Crippen LogP contribution in [-0.2, 0) is 11.2 Å². The highest BCUT2D eigenvalue weighted by Gasteiger charge is 2.09. The average molecular weight is 394 g/mol. The van der Waals surface area contributed by atoms with Crippen molar-refractivity contribution >= 4 is 39.7 Å². The molecule has 24 heavy (non-hydrogen) atoms. The second kappa shape index (κ2) is 8.02. The smallest absolute Gasteiger partial charge is 0.410 e. The number of carboxylic acid groups (broad SMARTS) is 1. The largest absolute Gasteiger partial charge is 0.465 e. The molecule has 0 saturated heterocycles. The van der Waals surface area contributed by atoms with Gasteiger partial charge in [0.2, 0.25) is 5.91 Å². The third-order valence-electron chi connectivity index (χ3n) is 2.71. The minimum absolute atomic E-state index is 0.00722. The summed E-state index contributed by atoms with van der Waals surface area (Å²) in [6.45, 7) is 0. The van der Waals surface area contributed by atoms with Gasteiger partial charge in [-0.15, -0.1) is 0 Å². The van der Waals surface area contributed by atoms with Crippen molar-refractivity contribution in [3.63, 3.8) is 0 Å². The number of anilines is 1. The van der Waals surface area contributed by atoms with Crippen LogP contribution in [0.25, 0.3) is 0 Å². The molecule has 2 aromatic heterocycles. The molecular weight excluding hydrogens is 382 g/mol. The minimum atomic E-state index is -1.26. The molecule has 3 amide bonds. The van der Waals surface area contributed by atoms with Crippen molar-refractivity contribution in [2.24, 2.45) is 0 Å². The second-order valence-electron chi connectivity index (χ2n) is 4.51. The van der Waals surface area contributed by atoms with Gasteiger partial charge < -0.3 is 5.11 Å². The van der Waals surface area contributed by atoms with Gasteiger partial charge >= 0.3 is 6.09 Å². The fourth-order valence-electron chi connectivity index (χ4n) is 1.63. The summed E-state index contributed by atoms with van der Waals surface area (Å²) in [7, 11) is 0. The normalized spacial score (nSPS) is 9.88. The van der Waals surface area contributed by atoms with Crippen LogP contribution in [0.15, 0.2) is 41.1 Å². The van der Waals surface area contributed by atoms with Crippen molar-refractivity contribution in [3.8, 4) is 0 Å². The van der Waals surface area contributed by atoms with Gasteiger partial charge in [-0.3, -0.25) is 30.7 Å². The number of hydrogen-bond donors (Lipinski definition) is 4. The fourth-order valence-corrected chi connectivity index (χ4v) is 1.86. The molecular formula is C14H12BrN5O4. The quantitative estimate of drug-likeness (QED) is 0.579. The lowest BCUT2D eigenvalue weighted by atomic mass is 10.2. The van der Waals surface area contributed by atoms with E-state index >= 15 is 0 Å². The van der Waals surface area contributed by atoms with Crippen LogP contribution in [0.4, 0.5) is 10.6 Å². The van der Waals surface area contributed by atoms with Crippen LogP contribution < -0.4 is 16.2 Å². The SMILES string of the molecule is O=C(O)Nc1ccc(C(=O)NNC(=O)Cc2ccc(Br)cn2)cn1. The molecule has 0 saturated carbocycles. The van der Waals surface area contributed by atoms with Crippen molar-refractivity contribution in [3.05, 3.63) is 52.4 Å². The van der Waals surface area contributed by atoms with Gasteiger partial charge in [0.25, 0.3) is 5.91 Å². The average Bonchev–Trinajstić information content (AvgIpc) is 2.55. The summed E-state index contributed by atoms with van der Waals surface area (Å²) < 4.78 is 0.799. The summed E-state index contributed by atoms with van der Waals surface area (Å²) in [6, 6.07) is 6.14. The Labute approximate surface area is 144 Å². The number of halogens is 1. The highest BCUT2D eigenvalue weighted by molar-refractivity contribution is 9.10. The summed E-state index contributed by atoms with van der Waals surface area (Å²) in [4.78, 5) is 41.9. The number of amides is 3. The molecule has 0 bridgehead atoms. The molecule has 0 spiro atoms. The van der Waals surface area contributed by atoms with E-state index in [0.717, 1.165) is 4.47 Å². The maximum Gasteiger partial charge on any atom is 0.410 e. The highest BCUT2D eigenvalue weighted by Crippen LogP contribution is 2.07. The number of rotatable bonds is 4. The van der Waals surface area contributed by atoms with Gasteiger partial charge in [-0.05, 0) is 40.2 Å². The molecule has 9 nitrogen and oxygen atoms in total. The van der Waals surface area contributed by atoms with Crippen LogP contribution in [0.1, 0.15) is 16.1 Å². The number of nitrogens with one attached hydrogen (secondary N) is 3. The van der Waals surface area contributed by atoms with E-state index in [2.05, 4.69) is 36.7 Å². The monoisotopic (exact) mass is 393 g/mol. The molecule has 0 aromatic carbocycles. The Kier molecular flexibility index (Phi) is 5.79. The van der Waals surface area contributed by atoms with Crippen LogP contribution in [0.5, 0.6) is 0 Å². The zero-order valence-electron chi connectivity index (χ0n) is 12.1. The summed E-state index contributed by atoms with van der Waals surface area (Å²) in [5, 5.41) is 10.6. The molecule has 10 heteroatoms. The molecule has 0 atom stereocenters. The molecule has 0 unspecified atom stereocenters. The van der Waals surface area contributed by atoms with Crippen LogP contribution >= 0.6 is 15.9 Å². The van der Waals surface area contributed by atoms with E-state index in [1.54, 1.807) is 18.3 Å². The van der Waals surface area contributed by atoms with E-state index in [-0.39, 0.29) is 17.8 Å². The van der Waals surface area contributed by atoms with Gasteiger partial charge in [-0.25, -0.2) is 9.78 Å². The maximum atomic E-state index is 11.9. The van der Waals surface area contributed by atoms with Gasteiger partial charge in [-0.2, -0.15) is 0 Å². The van der Waals surface area contributed by atoms with E-state index in [9.17, 15) is 14.4 Å². The van der Waals surface area contributed by atoms with E-state index in [4.69, 9.17) is 5.11 Å². The minimum Gasteiger partial charge on any atom is -0.465 e. The predicted octanol–water partition coefficient (Wildman–Crippen LogP) is 1.33. The van der Waals surface area contributed by atoms with Crippen molar-refractivity contribution in [2.45, 2.75) is 6.42 Å². The standard InChI is InChI=1S/C14H12BrN5O4/c15-9-2-3-10(16-7-9)5-12(21)19-20-13(22)8-1-4-11(17-6-8)18-14(23)24/h1-4,6-7H,5H2,(H,17,18)(H,19,21)(H,20,22)(H,23,24). The Morgan fingerprint density at radius 1 is 1.04 bits per heavy atom. The van der Waals surface area contributed by atoms with Crippen LogP contribution in [-0.4, -0.2) is 33.0 Å². The Morgan fingerprint density at radius 2 is 1.83 bits per heavy atom. The molecule has 124 valence electrons. The molecule has 2 heterocycles. The molecule has 4 N–H and O–H groups in total. The van der Waals surface area contributed by atoms with Crippen molar-refractivity contribution < 1.29 is 19.5 Å². The molecule has 0 aliphatic rings. The lowest BCUT2D eigenvalue weighted by molar-refractivity contribution is -0.121. The third-order valence-corrected chi connectivity index (χ3v) is 3.18. The van der Waals surface area contributed by atoms with Crippen molar-refractivity contribution in [1.29, 1.82) is 0 Å². The number of hydrogen-bond acceptors (Lipinski definition) is 5. The van der Waals surface area contributed by atoms with Crippen LogP contribution in [0.3, 0.4) is 0 Å². The molecule has 2 rings (SSSR count). The van der Waals surface area contributed by atoms with E-state index in [0.29, 0.717) is 5.69 Å². The molecule has 0 aliphatic heterocycles. The Bertz CT molecular complexity index is 749. The highest BCUT2D eigenvalue weighted by atomic mass is 79.9. The maximum absolute atomic E-state index is 11.9. The number of nitrogens with zero attached hydrogens (tertiary/aromatic N) is 2. The Hall–Kier alpha value is -3.01. The molecule has 0 fully saturated rings. The summed E-state index contributed by atoms with van der Waals surface area (Å²) in [6.07, 6.45) is 1.50. The number of carbonyl (C=O) groups is 3. The van der Waals surface area contributed by atoms with Gasteiger partial charge in [0.05, 0.1) is 12.0 Å². The van der Waals surface area contributed by atoms with Gasteiger partial charge in [-0.1, -0.05) is 0 Å². The van der Waals surface area contributed by atoms with E-state index in [1.165, 1.54) is 18.3 Å². The van der Waals surface area contributed by atoms with Crippen LogP contribution in [0, 0.1) is 0 Å². The first kappa shape index (κ1) is 17.3. The van der Waals surface area contributed by atoms with Gasteiger partial charge in [0, 0.05) is 22.6 Å². The van der Waals surface area contributed by atoms with Gasteiger partial charge in [0.1, 0.15) is 5.82 Å². The van der Waals surface area contributed by atoms with E-state index < -0.39 is 17.9 Å². The predicted molar refractivity (Wildman–Crippen MR) is 87.1 cm³/mol. The molecule has 0 aliphatic carbocycles. The van der Waals surface area contributed by atoms with Crippen LogP contribution in [0.2, 0.25) is 0 Å². The van der Waals surface area contributed by atoms with Crippen molar-refractivity contribution in [2.75, 3.05) is 5.32 Å².